The molecule has 3 N–H and O–H groups in total. The molecule has 0 saturated heterocycles. The van der Waals surface area contributed by atoms with E-state index in [4.69, 9.17) is 5.11 Å². The third-order valence-corrected chi connectivity index (χ3v) is 6.43. The summed E-state index contributed by atoms with van der Waals surface area (Å²) in [6.07, 6.45) is 0.709. The molecule has 0 radical (unpaired) electrons. The van der Waals surface area contributed by atoms with Gasteiger partial charge in [-0.15, -0.1) is 0 Å². The molecule has 1 saturated carbocycles. The number of carboxylic acid groups (broad SMARTS) is 1. The van der Waals surface area contributed by atoms with Crippen molar-refractivity contribution in [1.82, 2.24) is 14.9 Å². The van der Waals surface area contributed by atoms with E-state index in [1.807, 2.05) is 0 Å². The lowest BCUT2D eigenvalue weighted by atomic mass is 10.2. The lowest BCUT2D eigenvalue weighted by molar-refractivity contribution is -0.143. The van der Waals surface area contributed by atoms with Gasteiger partial charge in [0.1, 0.15) is 5.54 Å². The SMILES string of the molecule is CCN(CC)S(=O)(=O)c1cccc(C(=O)NCC(=O)NC2(C(=O)O)CC2)c1. The Morgan fingerprint density at radius 1 is 1.19 bits per heavy atom. The van der Waals surface area contributed by atoms with Gasteiger partial charge < -0.3 is 15.7 Å². The van der Waals surface area contributed by atoms with Crippen molar-refractivity contribution in [3.05, 3.63) is 29.8 Å². The zero-order chi connectivity index (χ0) is 20.2. The summed E-state index contributed by atoms with van der Waals surface area (Å²) in [5.74, 6) is -2.34. The smallest absolute Gasteiger partial charge is 0.329 e. The van der Waals surface area contributed by atoms with Gasteiger partial charge in [-0.3, -0.25) is 9.59 Å². The van der Waals surface area contributed by atoms with Gasteiger partial charge in [0, 0.05) is 18.7 Å². The van der Waals surface area contributed by atoms with E-state index >= 15 is 0 Å². The molecule has 1 aromatic carbocycles. The number of carbonyl (C=O) groups excluding carboxylic acids is 2. The van der Waals surface area contributed by atoms with Crippen LogP contribution in [0.4, 0.5) is 0 Å². The first-order valence-corrected chi connectivity index (χ1v) is 10.0. The summed E-state index contributed by atoms with van der Waals surface area (Å²) in [5.41, 5.74) is -1.13. The van der Waals surface area contributed by atoms with Crippen LogP contribution in [0, 0.1) is 0 Å². The van der Waals surface area contributed by atoms with Crippen LogP contribution in [-0.2, 0) is 19.6 Å². The molecular weight excluding hydrogens is 374 g/mol. The minimum absolute atomic E-state index is 0.00823. The fourth-order valence-electron chi connectivity index (χ4n) is 2.60. The molecule has 2 rings (SSSR count). The van der Waals surface area contributed by atoms with Gasteiger partial charge in [-0.1, -0.05) is 19.9 Å². The molecule has 27 heavy (non-hydrogen) atoms. The van der Waals surface area contributed by atoms with E-state index in [-0.39, 0.29) is 10.5 Å². The number of carbonyl (C=O) groups is 3. The van der Waals surface area contributed by atoms with Gasteiger partial charge in [-0.05, 0) is 31.0 Å². The first kappa shape index (κ1) is 20.8. The van der Waals surface area contributed by atoms with E-state index in [0.29, 0.717) is 25.9 Å². The van der Waals surface area contributed by atoms with Crippen LogP contribution in [0.1, 0.15) is 37.0 Å². The molecule has 0 heterocycles. The Morgan fingerprint density at radius 3 is 2.33 bits per heavy atom. The molecule has 2 amide bonds. The molecule has 1 fully saturated rings. The monoisotopic (exact) mass is 397 g/mol. The van der Waals surface area contributed by atoms with Crippen LogP contribution in [0.5, 0.6) is 0 Å². The van der Waals surface area contributed by atoms with Crippen LogP contribution in [0.15, 0.2) is 29.2 Å². The van der Waals surface area contributed by atoms with E-state index in [1.54, 1.807) is 13.8 Å². The highest BCUT2D eigenvalue weighted by Crippen LogP contribution is 2.35. The van der Waals surface area contributed by atoms with Crippen molar-refractivity contribution in [2.24, 2.45) is 0 Å². The summed E-state index contributed by atoms with van der Waals surface area (Å²) in [5, 5.41) is 13.8. The number of hydrogen-bond acceptors (Lipinski definition) is 5. The van der Waals surface area contributed by atoms with Gasteiger partial charge in [0.2, 0.25) is 15.9 Å². The molecule has 1 aliphatic rings. The van der Waals surface area contributed by atoms with Crippen molar-refractivity contribution in [1.29, 1.82) is 0 Å². The lowest BCUT2D eigenvalue weighted by Crippen LogP contribution is -2.47. The zero-order valence-electron chi connectivity index (χ0n) is 15.2. The summed E-state index contributed by atoms with van der Waals surface area (Å²) in [7, 11) is -3.70. The van der Waals surface area contributed by atoms with Crippen molar-refractivity contribution in [3.8, 4) is 0 Å². The number of sulfonamides is 1. The molecule has 0 atom stereocenters. The van der Waals surface area contributed by atoms with Crippen LogP contribution < -0.4 is 10.6 Å². The van der Waals surface area contributed by atoms with Crippen LogP contribution in [0.2, 0.25) is 0 Å². The first-order valence-electron chi connectivity index (χ1n) is 8.59. The van der Waals surface area contributed by atoms with E-state index in [9.17, 15) is 22.8 Å². The first-order chi connectivity index (χ1) is 12.7. The van der Waals surface area contributed by atoms with Crippen molar-refractivity contribution >= 4 is 27.8 Å². The van der Waals surface area contributed by atoms with Crippen molar-refractivity contribution in [2.75, 3.05) is 19.6 Å². The molecule has 0 aliphatic heterocycles. The maximum absolute atomic E-state index is 12.5. The Hall–Kier alpha value is -2.46. The van der Waals surface area contributed by atoms with Crippen LogP contribution in [0.3, 0.4) is 0 Å². The van der Waals surface area contributed by atoms with Gasteiger partial charge in [-0.25, -0.2) is 13.2 Å². The minimum atomic E-state index is -3.70. The molecule has 1 aliphatic carbocycles. The Balaban J connectivity index is 2.03. The summed E-state index contributed by atoms with van der Waals surface area (Å²) in [6.45, 7) is 3.66. The van der Waals surface area contributed by atoms with E-state index < -0.39 is 39.9 Å². The van der Waals surface area contributed by atoms with E-state index in [2.05, 4.69) is 10.6 Å². The second-order valence-corrected chi connectivity index (χ2v) is 8.17. The van der Waals surface area contributed by atoms with Crippen molar-refractivity contribution in [2.45, 2.75) is 37.1 Å². The number of nitrogens with zero attached hydrogens (tertiary/aromatic N) is 1. The number of nitrogens with one attached hydrogen (secondary N) is 2. The van der Waals surface area contributed by atoms with Crippen molar-refractivity contribution in [3.63, 3.8) is 0 Å². The molecule has 0 spiro atoms. The second kappa shape index (κ2) is 8.05. The van der Waals surface area contributed by atoms with E-state index in [0.717, 1.165) is 0 Å². The van der Waals surface area contributed by atoms with Gasteiger partial charge >= 0.3 is 5.97 Å². The van der Waals surface area contributed by atoms with Crippen molar-refractivity contribution < 1.29 is 27.9 Å². The lowest BCUT2D eigenvalue weighted by Gasteiger charge is -2.18. The second-order valence-electron chi connectivity index (χ2n) is 6.24. The minimum Gasteiger partial charge on any atom is -0.480 e. The van der Waals surface area contributed by atoms with Crippen LogP contribution in [0.25, 0.3) is 0 Å². The van der Waals surface area contributed by atoms with Gasteiger partial charge in [0.15, 0.2) is 0 Å². The standard InChI is InChI=1S/C17H23N3O6S/c1-3-20(4-2)27(25,26)13-7-5-6-12(10-13)15(22)18-11-14(21)19-17(8-9-17)16(23)24/h5-7,10H,3-4,8-9,11H2,1-2H3,(H,18,22)(H,19,21)(H,23,24). The molecule has 148 valence electrons. The molecule has 0 bridgehead atoms. The number of aliphatic carboxylic acids is 1. The summed E-state index contributed by atoms with van der Waals surface area (Å²) >= 11 is 0. The maximum atomic E-state index is 12.5. The highest BCUT2D eigenvalue weighted by Gasteiger charge is 2.51. The molecule has 0 aromatic heterocycles. The summed E-state index contributed by atoms with van der Waals surface area (Å²) in [6, 6.07) is 5.55. The quantitative estimate of drug-likeness (QED) is 0.544. The zero-order valence-corrected chi connectivity index (χ0v) is 16.0. The molecule has 1 aromatic rings. The van der Waals surface area contributed by atoms with Crippen LogP contribution in [-0.4, -0.2) is 60.8 Å². The fraction of sp³-hybridized carbons (Fsp3) is 0.471. The van der Waals surface area contributed by atoms with Gasteiger partial charge in [0.25, 0.3) is 5.91 Å². The number of benzene rings is 1. The molecule has 10 heteroatoms. The highest BCUT2D eigenvalue weighted by atomic mass is 32.2. The Morgan fingerprint density at radius 2 is 1.81 bits per heavy atom. The van der Waals surface area contributed by atoms with Gasteiger partial charge in [0.05, 0.1) is 11.4 Å². The Bertz CT molecular complexity index is 844. The topological polar surface area (TPSA) is 133 Å². The predicted molar refractivity (Wildman–Crippen MR) is 96.6 cm³/mol. The summed E-state index contributed by atoms with van der Waals surface area (Å²) < 4.78 is 26.4. The predicted octanol–water partition coefficient (Wildman–Crippen LogP) is 0.180. The third kappa shape index (κ3) is 4.64. The molecular formula is C17H23N3O6S. The fourth-order valence-corrected chi connectivity index (χ4v) is 4.11. The third-order valence-electron chi connectivity index (χ3n) is 4.39. The average molecular weight is 397 g/mol. The van der Waals surface area contributed by atoms with E-state index in [1.165, 1.54) is 28.6 Å². The largest absolute Gasteiger partial charge is 0.480 e. The maximum Gasteiger partial charge on any atom is 0.329 e. The number of rotatable bonds is 9. The van der Waals surface area contributed by atoms with Gasteiger partial charge in [-0.2, -0.15) is 4.31 Å². The Labute approximate surface area is 157 Å². The van der Waals surface area contributed by atoms with Crippen LogP contribution >= 0.6 is 0 Å². The Kier molecular flexibility index (Phi) is 6.22. The number of hydrogen-bond donors (Lipinski definition) is 3. The molecule has 9 nitrogen and oxygen atoms in total. The highest BCUT2D eigenvalue weighted by molar-refractivity contribution is 7.89. The average Bonchev–Trinajstić information content (AvgIpc) is 3.41. The number of amides is 2. The number of carboxylic acids is 1. The summed E-state index contributed by atoms with van der Waals surface area (Å²) in [4.78, 5) is 35.1. The normalized spacial score (nSPS) is 15.2. The molecule has 0 unspecified atom stereocenters.